The maximum atomic E-state index is 5.57. The summed E-state index contributed by atoms with van der Waals surface area (Å²) in [5.41, 5.74) is 0.909. The van der Waals surface area contributed by atoms with Crippen molar-refractivity contribution in [2.45, 2.75) is 6.54 Å². The molecule has 0 bridgehead atoms. The van der Waals surface area contributed by atoms with E-state index in [1.807, 2.05) is 0 Å². The Kier molecular flexibility index (Phi) is 2.83. The fraction of sp³-hybridized carbons (Fsp3) is 0.625. The Morgan fingerprint density at radius 2 is 2.31 bits per heavy atom. The molecule has 0 aliphatic carbocycles. The molecule has 4 nitrogen and oxygen atoms in total. The van der Waals surface area contributed by atoms with Crippen molar-refractivity contribution >= 4 is 11.6 Å². The van der Waals surface area contributed by atoms with Crippen molar-refractivity contribution in [3.05, 3.63) is 17.3 Å². The third-order valence-corrected chi connectivity index (χ3v) is 2.29. The normalized spacial score (nSPS) is 19.2. The molecule has 13 heavy (non-hydrogen) atoms. The zero-order chi connectivity index (χ0) is 9.10. The minimum Gasteiger partial charge on any atom is -0.436 e. The summed E-state index contributed by atoms with van der Waals surface area (Å²) < 4.78 is 4.92. The average Bonchev–Trinajstić information content (AvgIpc) is 2.53. The quantitative estimate of drug-likeness (QED) is 0.766. The van der Waals surface area contributed by atoms with Gasteiger partial charge in [-0.2, -0.15) is 0 Å². The largest absolute Gasteiger partial charge is 0.436 e. The lowest BCUT2D eigenvalue weighted by Crippen LogP contribution is -2.42. The molecule has 1 aromatic rings. The molecule has 5 heteroatoms. The number of hydrogen-bond acceptors (Lipinski definition) is 4. The van der Waals surface area contributed by atoms with E-state index in [4.69, 9.17) is 16.0 Å². The van der Waals surface area contributed by atoms with Gasteiger partial charge in [0.15, 0.2) is 0 Å². The first-order valence-corrected chi connectivity index (χ1v) is 4.75. The lowest BCUT2D eigenvalue weighted by Gasteiger charge is -2.25. The Hall–Kier alpha value is -0.580. The molecule has 0 atom stereocenters. The summed E-state index contributed by atoms with van der Waals surface area (Å²) in [6.07, 6.45) is 1.62. The monoisotopic (exact) mass is 201 g/mol. The summed E-state index contributed by atoms with van der Waals surface area (Å²) in [6.45, 7) is 5.05. The van der Waals surface area contributed by atoms with Crippen LogP contribution in [0.25, 0.3) is 0 Å². The highest BCUT2D eigenvalue weighted by Gasteiger charge is 2.11. The van der Waals surface area contributed by atoms with Crippen LogP contribution < -0.4 is 5.32 Å². The molecule has 1 saturated heterocycles. The third kappa shape index (κ3) is 2.43. The number of oxazole rings is 1. The van der Waals surface area contributed by atoms with Gasteiger partial charge in [0.25, 0.3) is 5.35 Å². The van der Waals surface area contributed by atoms with Gasteiger partial charge in [-0.05, 0) is 11.6 Å². The van der Waals surface area contributed by atoms with Crippen LogP contribution in [0, 0.1) is 0 Å². The summed E-state index contributed by atoms with van der Waals surface area (Å²) in [5, 5.41) is 3.52. The predicted molar refractivity (Wildman–Crippen MR) is 49.7 cm³/mol. The number of nitrogens with zero attached hydrogens (tertiary/aromatic N) is 2. The molecule has 0 spiro atoms. The molecule has 1 aliphatic rings. The molecule has 0 saturated carbocycles. The second-order valence-electron chi connectivity index (χ2n) is 3.12. The fourth-order valence-corrected chi connectivity index (χ4v) is 1.61. The summed E-state index contributed by atoms with van der Waals surface area (Å²) >= 11 is 5.57. The zero-order valence-corrected chi connectivity index (χ0v) is 8.05. The van der Waals surface area contributed by atoms with Gasteiger partial charge in [-0.3, -0.25) is 4.90 Å². The highest BCUT2D eigenvalue weighted by molar-refractivity contribution is 6.27. The smallest absolute Gasteiger partial charge is 0.292 e. The summed E-state index contributed by atoms with van der Waals surface area (Å²) in [5.74, 6) is 0. The summed E-state index contributed by atoms with van der Waals surface area (Å²) in [6, 6.07) is 0. The van der Waals surface area contributed by atoms with Gasteiger partial charge in [-0.1, -0.05) is 0 Å². The highest BCUT2D eigenvalue weighted by Crippen LogP contribution is 2.09. The molecule has 2 heterocycles. The van der Waals surface area contributed by atoms with E-state index < -0.39 is 0 Å². The summed E-state index contributed by atoms with van der Waals surface area (Å²) in [7, 11) is 0. The Morgan fingerprint density at radius 3 is 2.92 bits per heavy atom. The van der Waals surface area contributed by atoms with Crippen molar-refractivity contribution in [2.75, 3.05) is 26.2 Å². The number of nitrogens with one attached hydrogen (secondary N) is 1. The van der Waals surface area contributed by atoms with Crippen LogP contribution in [0.1, 0.15) is 5.69 Å². The number of hydrogen-bond donors (Lipinski definition) is 1. The van der Waals surface area contributed by atoms with Crippen LogP contribution in [-0.2, 0) is 6.54 Å². The molecule has 0 amide bonds. The van der Waals surface area contributed by atoms with E-state index in [2.05, 4.69) is 15.2 Å². The summed E-state index contributed by atoms with van der Waals surface area (Å²) in [4.78, 5) is 6.37. The van der Waals surface area contributed by atoms with E-state index in [1.165, 1.54) is 0 Å². The number of halogens is 1. The zero-order valence-electron chi connectivity index (χ0n) is 7.29. The molecule has 0 aromatic carbocycles. The van der Waals surface area contributed by atoms with Crippen molar-refractivity contribution < 1.29 is 4.42 Å². The van der Waals surface area contributed by atoms with Gasteiger partial charge in [0.05, 0.1) is 5.69 Å². The molecule has 2 rings (SSSR count). The molecule has 0 unspecified atom stereocenters. The maximum Gasteiger partial charge on any atom is 0.292 e. The predicted octanol–water partition coefficient (Wildman–Crippen LogP) is 0.733. The van der Waals surface area contributed by atoms with E-state index in [0.717, 1.165) is 38.4 Å². The average molecular weight is 202 g/mol. The molecule has 72 valence electrons. The van der Waals surface area contributed by atoms with E-state index in [9.17, 15) is 0 Å². The molecule has 1 fully saturated rings. The lowest BCUT2D eigenvalue weighted by molar-refractivity contribution is 0.230. The molecule has 1 aliphatic heterocycles. The first-order chi connectivity index (χ1) is 6.34. The minimum atomic E-state index is 0.227. The van der Waals surface area contributed by atoms with Gasteiger partial charge < -0.3 is 9.73 Å². The van der Waals surface area contributed by atoms with Crippen LogP contribution >= 0.6 is 11.6 Å². The number of aromatic nitrogens is 1. The Bertz CT molecular complexity index is 270. The molecular formula is C8H12ClN3O. The Morgan fingerprint density at radius 1 is 1.54 bits per heavy atom. The van der Waals surface area contributed by atoms with E-state index in [1.54, 1.807) is 6.26 Å². The van der Waals surface area contributed by atoms with Crippen molar-refractivity contribution in [1.82, 2.24) is 15.2 Å². The van der Waals surface area contributed by atoms with Gasteiger partial charge in [0, 0.05) is 32.7 Å². The van der Waals surface area contributed by atoms with Crippen molar-refractivity contribution in [2.24, 2.45) is 0 Å². The molecule has 0 radical (unpaired) electrons. The fourth-order valence-electron chi connectivity index (χ4n) is 1.45. The van der Waals surface area contributed by atoms with E-state index in [-0.39, 0.29) is 5.35 Å². The van der Waals surface area contributed by atoms with Crippen LogP contribution in [0.15, 0.2) is 10.7 Å². The molecular weight excluding hydrogens is 190 g/mol. The second-order valence-corrected chi connectivity index (χ2v) is 3.44. The van der Waals surface area contributed by atoms with Crippen LogP contribution in [0.5, 0.6) is 0 Å². The maximum absolute atomic E-state index is 5.57. The SMILES string of the molecule is Clc1nc(CN2CCNCC2)co1. The Balaban J connectivity index is 1.89. The van der Waals surface area contributed by atoms with Crippen LogP contribution in [0.4, 0.5) is 0 Å². The third-order valence-electron chi connectivity index (χ3n) is 2.12. The van der Waals surface area contributed by atoms with Gasteiger partial charge in [0.1, 0.15) is 6.26 Å². The van der Waals surface area contributed by atoms with Gasteiger partial charge in [0.2, 0.25) is 0 Å². The van der Waals surface area contributed by atoms with Gasteiger partial charge in [-0.25, -0.2) is 4.98 Å². The number of rotatable bonds is 2. The first kappa shape index (κ1) is 8.99. The van der Waals surface area contributed by atoms with E-state index in [0.29, 0.717) is 0 Å². The van der Waals surface area contributed by atoms with Crippen molar-refractivity contribution in [1.29, 1.82) is 0 Å². The second kappa shape index (κ2) is 4.09. The van der Waals surface area contributed by atoms with Crippen molar-refractivity contribution in [3.8, 4) is 0 Å². The van der Waals surface area contributed by atoms with Crippen molar-refractivity contribution in [3.63, 3.8) is 0 Å². The molecule has 1 N–H and O–H groups in total. The highest BCUT2D eigenvalue weighted by atomic mass is 35.5. The standard InChI is InChI=1S/C8H12ClN3O/c9-8-11-7(6-13-8)5-12-3-1-10-2-4-12/h6,10H,1-5H2. The molecule has 1 aromatic heterocycles. The Labute approximate surface area is 81.9 Å². The topological polar surface area (TPSA) is 41.3 Å². The number of piperazine rings is 1. The van der Waals surface area contributed by atoms with E-state index >= 15 is 0 Å². The van der Waals surface area contributed by atoms with Crippen LogP contribution in [-0.4, -0.2) is 36.1 Å². The minimum absolute atomic E-state index is 0.227. The van der Waals surface area contributed by atoms with Gasteiger partial charge in [-0.15, -0.1) is 0 Å². The first-order valence-electron chi connectivity index (χ1n) is 4.37. The van der Waals surface area contributed by atoms with Gasteiger partial charge >= 0.3 is 0 Å². The lowest BCUT2D eigenvalue weighted by atomic mass is 10.3. The van der Waals surface area contributed by atoms with Crippen LogP contribution in [0.3, 0.4) is 0 Å². The van der Waals surface area contributed by atoms with Crippen LogP contribution in [0.2, 0.25) is 5.35 Å².